The van der Waals surface area contributed by atoms with Crippen molar-refractivity contribution in [3.05, 3.63) is 34.9 Å². The van der Waals surface area contributed by atoms with E-state index in [0.717, 1.165) is 23.7 Å². The van der Waals surface area contributed by atoms with E-state index in [4.69, 9.17) is 0 Å². The fourth-order valence-corrected chi connectivity index (χ4v) is 4.63. The van der Waals surface area contributed by atoms with E-state index in [1.807, 2.05) is 0 Å². The monoisotopic (exact) mass is 242 g/mol. The number of rotatable bonds is 1. The molecule has 0 N–H and O–H groups in total. The van der Waals surface area contributed by atoms with E-state index in [1.165, 1.54) is 12.8 Å². The molecule has 0 heteroatoms. The number of hydrogen-bond donors (Lipinski definition) is 0. The molecule has 1 aromatic rings. The van der Waals surface area contributed by atoms with Crippen molar-refractivity contribution in [1.82, 2.24) is 0 Å². The lowest BCUT2D eigenvalue weighted by Gasteiger charge is -2.27. The summed E-state index contributed by atoms with van der Waals surface area (Å²) in [7, 11) is 0. The maximum atomic E-state index is 2.42. The number of fused-ring (bicyclic) bond motifs is 5. The summed E-state index contributed by atoms with van der Waals surface area (Å²) in [6.07, 6.45) is 2.85. The van der Waals surface area contributed by atoms with E-state index in [9.17, 15) is 0 Å². The Bertz CT molecular complexity index is 461. The molecule has 0 radical (unpaired) electrons. The first-order valence-electron chi connectivity index (χ1n) is 7.54. The lowest BCUT2D eigenvalue weighted by Crippen LogP contribution is -2.17. The smallest absolute Gasteiger partial charge is 0.0119 e. The van der Waals surface area contributed by atoms with Crippen LogP contribution in [0.15, 0.2) is 18.2 Å². The molecule has 0 nitrogen and oxygen atoms in total. The molecule has 0 amide bonds. The average molecular weight is 242 g/mol. The standard InChI is InChI=1S/C18H26/c1-11(2)16-13-9-10-14(16)17-12(13)7-6-8-15(17)18(3,4)5/h6-8,11,13-14,16H,9-10H2,1-5H3. The average Bonchev–Trinajstić information content (AvgIpc) is 2.83. The van der Waals surface area contributed by atoms with Gasteiger partial charge in [0.25, 0.3) is 0 Å². The van der Waals surface area contributed by atoms with Gasteiger partial charge in [-0.1, -0.05) is 52.8 Å². The Hall–Kier alpha value is -0.780. The summed E-state index contributed by atoms with van der Waals surface area (Å²) >= 11 is 0. The zero-order valence-corrected chi connectivity index (χ0v) is 12.5. The molecule has 2 aliphatic carbocycles. The second-order valence-corrected chi connectivity index (χ2v) is 7.67. The van der Waals surface area contributed by atoms with Gasteiger partial charge in [-0.3, -0.25) is 0 Å². The number of benzene rings is 1. The van der Waals surface area contributed by atoms with Gasteiger partial charge in [-0.15, -0.1) is 0 Å². The van der Waals surface area contributed by atoms with E-state index in [2.05, 4.69) is 52.8 Å². The molecule has 1 fully saturated rings. The fraction of sp³-hybridized carbons (Fsp3) is 0.667. The lowest BCUT2D eigenvalue weighted by atomic mass is 9.77. The molecule has 0 aromatic heterocycles. The zero-order chi connectivity index (χ0) is 13.1. The summed E-state index contributed by atoms with van der Waals surface area (Å²) in [5, 5.41) is 0. The fourth-order valence-electron chi connectivity index (χ4n) is 4.63. The van der Waals surface area contributed by atoms with Crippen molar-refractivity contribution in [3.63, 3.8) is 0 Å². The van der Waals surface area contributed by atoms with Crippen molar-refractivity contribution < 1.29 is 0 Å². The van der Waals surface area contributed by atoms with Crippen LogP contribution in [0.5, 0.6) is 0 Å². The van der Waals surface area contributed by atoms with E-state index < -0.39 is 0 Å². The first-order valence-corrected chi connectivity index (χ1v) is 7.54. The van der Waals surface area contributed by atoms with Crippen LogP contribution in [0.25, 0.3) is 0 Å². The molecule has 3 unspecified atom stereocenters. The largest absolute Gasteiger partial charge is 0.0625 e. The molecule has 0 aliphatic heterocycles. The molecule has 3 atom stereocenters. The molecule has 1 saturated carbocycles. The van der Waals surface area contributed by atoms with Gasteiger partial charge in [0.15, 0.2) is 0 Å². The molecule has 2 bridgehead atoms. The van der Waals surface area contributed by atoms with Gasteiger partial charge >= 0.3 is 0 Å². The molecular formula is C18H26. The Kier molecular flexibility index (Phi) is 2.63. The molecule has 98 valence electrons. The van der Waals surface area contributed by atoms with E-state index >= 15 is 0 Å². The van der Waals surface area contributed by atoms with Crippen molar-refractivity contribution in [2.24, 2.45) is 11.8 Å². The molecule has 0 heterocycles. The van der Waals surface area contributed by atoms with Crippen molar-refractivity contribution in [2.45, 2.75) is 64.7 Å². The predicted octanol–water partition coefficient (Wildman–Crippen LogP) is 5.23. The summed E-state index contributed by atoms with van der Waals surface area (Å²) in [4.78, 5) is 0. The Morgan fingerprint density at radius 3 is 2.33 bits per heavy atom. The Morgan fingerprint density at radius 2 is 1.72 bits per heavy atom. The maximum Gasteiger partial charge on any atom is -0.0119 e. The normalized spacial score (nSPS) is 30.0. The minimum atomic E-state index is 0.289. The van der Waals surface area contributed by atoms with Crippen LogP contribution in [0.4, 0.5) is 0 Å². The zero-order valence-electron chi connectivity index (χ0n) is 12.5. The third-order valence-corrected chi connectivity index (χ3v) is 5.21. The quantitative estimate of drug-likeness (QED) is 0.632. The van der Waals surface area contributed by atoms with Crippen molar-refractivity contribution in [3.8, 4) is 0 Å². The van der Waals surface area contributed by atoms with Gasteiger partial charge in [0.1, 0.15) is 0 Å². The van der Waals surface area contributed by atoms with Crippen LogP contribution in [-0.4, -0.2) is 0 Å². The van der Waals surface area contributed by atoms with Crippen molar-refractivity contribution >= 4 is 0 Å². The third-order valence-electron chi connectivity index (χ3n) is 5.21. The summed E-state index contributed by atoms with van der Waals surface area (Å²) in [5.41, 5.74) is 5.33. The Morgan fingerprint density at radius 1 is 1.06 bits per heavy atom. The van der Waals surface area contributed by atoms with E-state index in [1.54, 1.807) is 16.7 Å². The van der Waals surface area contributed by atoms with Crippen molar-refractivity contribution in [1.29, 1.82) is 0 Å². The van der Waals surface area contributed by atoms with Crippen LogP contribution in [0, 0.1) is 11.8 Å². The Balaban J connectivity index is 2.14. The minimum Gasteiger partial charge on any atom is -0.0625 e. The van der Waals surface area contributed by atoms with E-state index in [0.29, 0.717) is 0 Å². The second kappa shape index (κ2) is 3.85. The van der Waals surface area contributed by atoms with Gasteiger partial charge in [-0.05, 0) is 58.6 Å². The molecule has 3 rings (SSSR count). The minimum absolute atomic E-state index is 0.289. The molecule has 18 heavy (non-hydrogen) atoms. The summed E-state index contributed by atoms with van der Waals surface area (Å²) in [6, 6.07) is 7.07. The van der Waals surface area contributed by atoms with Gasteiger partial charge in [-0.2, -0.15) is 0 Å². The first-order chi connectivity index (χ1) is 8.41. The predicted molar refractivity (Wildman–Crippen MR) is 78.2 cm³/mol. The van der Waals surface area contributed by atoms with Gasteiger partial charge < -0.3 is 0 Å². The SMILES string of the molecule is CC(C)C1C2CCC1c1c2cccc1C(C)(C)C. The van der Waals surface area contributed by atoms with Gasteiger partial charge in [0.05, 0.1) is 0 Å². The highest BCUT2D eigenvalue weighted by molar-refractivity contribution is 5.50. The van der Waals surface area contributed by atoms with Crippen LogP contribution in [0.2, 0.25) is 0 Å². The molecule has 2 aliphatic rings. The van der Waals surface area contributed by atoms with Gasteiger partial charge in [0, 0.05) is 0 Å². The van der Waals surface area contributed by atoms with Gasteiger partial charge in [0.2, 0.25) is 0 Å². The number of hydrogen-bond acceptors (Lipinski definition) is 0. The second-order valence-electron chi connectivity index (χ2n) is 7.67. The van der Waals surface area contributed by atoms with Crippen LogP contribution >= 0.6 is 0 Å². The van der Waals surface area contributed by atoms with Crippen molar-refractivity contribution in [2.75, 3.05) is 0 Å². The highest BCUT2D eigenvalue weighted by Crippen LogP contribution is 2.61. The summed E-state index contributed by atoms with van der Waals surface area (Å²) < 4.78 is 0. The topological polar surface area (TPSA) is 0 Å². The van der Waals surface area contributed by atoms with Crippen LogP contribution in [0.3, 0.4) is 0 Å². The molecule has 0 spiro atoms. The molecule has 1 aromatic carbocycles. The highest BCUT2D eigenvalue weighted by atomic mass is 14.5. The maximum absolute atomic E-state index is 2.42. The summed E-state index contributed by atoms with van der Waals surface area (Å²) in [5.74, 6) is 3.43. The van der Waals surface area contributed by atoms with E-state index in [-0.39, 0.29) is 5.41 Å². The van der Waals surface area contributed by atoms with Crippen LogP contribution < -0.4 is 0 Å². The molecular weight excluding hydrogens is 216 g/mol. The van der Waals surface area contributed by atoms with Crippen LogP contribution in [-0.2, 0) is 5.41 Å². The third kappa shape index (κ3) is 1.57. The summed E-state index contributed by atoms with van der Waals surface area (Å²) in [6.45, 7) is 11.9. The highest BCUT2D eigenvalue weighted by Gasteiger charge is 2.48. The molecule has 0 saturated heterocycles. The lowest BCUT2D eigenvalue weighted by molar-refractivity contribution is 0.351. The van der Waals surface area contributed by atoms with Gasteiger partial charge in [-0.25, -0.2) is 0 Å². The Labute approximate surface area is 112 Å². The first kappa shape index (κ1) is 12.3. The van der Waals surface area contributed by atoms with Crippen LogP contribution in [0.1, 0.15) is 76.0 Å².